The van der Waals surface area contributed by atoms with Crippen LogP contribution in [0.15, 0.2) is 10.6 Å². The van der Waals surface area contributed by atoms with E-state index in [4.69, 9.17) is 10.3 Å². The van der Waals surface area contributed by atoms with E-state index in [0.29, 0.717) is 11.0 Å². The molecule has 2 aliphatic rings. The van der Waals surface area contributed by atoms with Crippen molar-refractivity contribution in [2.75, 3.05) is 11.1 Å². The molecule has 9 heteroatoms. The van der Waals surface area contributed by atoms with Crippen molar-refractivity contribution in [1.29, 1.82) is 5.26 Å². The predicted octanol–water partition coefficient (Wildman–Crippen LogP) is 2.67. The van der Waals surface area contributed by atoms with E-state index in [0.717, 1.165) is 49.9 Å². The highest BCUT2D eigenvalue weighted by atomic mass is 32.1. The van der Waals surface area contributed by atoms with Gasteiger partial charge in [0, 0.05) is 18.2 Å². The maximum atomic E-state index is 12.8. The Hall–Kier alpha value is -2.86. The fraction of sp³-hybridized carbons (Fsp3) is 0.444. The summed E-state index contributed by atoms with van der Waals surface area (Å²) in [6, 6.07) is 3.87. The molecule has 0 atom stereocenters. The fourth-order valence-electron chi connectivity index (χ4n) is 3.17. The maximum Gasteiger partial charge on any atom is 0.273 e. The lowest BCUT2D eigenvalue weighted by atomic mass is 10.1. The molecule has 0 aromatic carbocycles. The Labute approximate surface area is 159 Å². The molecule has 1 amide bonds. The number of nitriles is 1. The number of thiophene rings is 1. The zero-order valence-corrected chi connectivity index (χ0v) is 15.4. The van der Waals surface area contributed by atoms with Gasteiger partial charge in [0.2, 0.25) is 11.5 Å². The molecule has 140 valence electrons. The lowest BCUT2D eigenvalue weighted by molar-refractivity contribution is 0.0938. The van der Waals surface area contributed by atoms with E-state index in [1.807, 2.05) is 0 Å². The van der Waals surface area contributed by atoms with Crippen molar-refractivity contribution in [1.82, 2.24) is 10.5 Å². The second kappa shape index (κ2) is 7.04. The highest BCUT2D eigenvalue weighted by Gasteiger charge is 2.29. The monoisotopic (exact) mass is 385 g/mol. The van der Waals surface area contributed by atoms with E-state index in [1.165, 1.54) is 6.07 Å². The van der Waals surface area contributed by atoms with Crippen molar-refractivity contribution < 1.29 is 14.1 Å². The number of nitrogens with two attached hydrogens (primary N) is 1. The lowest BCUT2D eigenvalue weighted by Gasteiger charge is -2.11. The molecule has 8 nitrogen and oxygen atoms in total. The fourth-order valence-corrected chi connectivity index (χ4v) is 4.26. The third-order valence-corrected chi connectivity index (χ3v) is 5.97. The molecular formula is C18H19N5O3S. The standard InChI is InChI=1S/C18H19N5O3S/c19-8-11-14(20)16(27-18(11)22-9-3-1-2-4-9)15(24)13-7-12(23-26-13)17(25)21-10-5-6-10/h7,9-10,22H,1-6,20H2,(H,21,25). The summed E-state index contributed by atoms with van der Waals surface area (Å²) < 4.78 is 5.06. The first-order chi connectivity index (χ1) is 13.1. The summed E-state index contributed by atoms with van der Waals surface area (Å²) in [4.78, 5) is 25.0. The van der Waals surface area contributed by atoms with Crippen LogP contribution in [0.25, 0.3) is 0 Å². The van der Waals surface area contributed by atoms with Crippen LogP contribution in [-0.4, -0.2) is 28.9 Å². The number of nitrogens with zero attached hydrogens (tertiary/aromatic N) is 2. The number of rotatable bonds is 6. The molecular weight excluding hydrogens is 366 g/mol. The first-order valence-corrected chi connectivity index (χ1v) is 9.79. The molecule has 0 spiro atoms. The Kier molecular flexibility index (Phi) is 4.58. The smallest absolute Gasteiger partial charge is 0.273 e. The van der Waals surface area contributed by atoms with Gasteiger partial charge in [-0.25, -0.2) is 0 Å². The molecule has 2 aromatic heterocycles. The third-order valence-electron chi connectivity index (χ3n) is 4.83. The van der Waals surface area contributed by atoms with E-state index in [1.54, 1.807) is 0 Å². The van der Waals surface area contributed by atoms with Crippen LogP contribution in [0, 0.1) is 11.3 Å². The van der Waals surface area contributed by atoms with Gasteiger partial charge in [0.1, 0.15) is 21.5 Å². The van der Waals surface area contributed by atoms with Crippen molar-refractivity contribution in [3.8, 4) is 6.07 Å². The van der Waals surface area contributed by atoms with Crippen LogP contribution in [0.5, 0.6) is 0 Å². The summed E-state index contributed by atoms with van der Waals surface area (Å²) in [6.45, 7) is 0. The number of aromatic nitrogens is 1. The van der Waals surface area contributed by atoms with Gasteiger partial charge in [-0.05, 0) is 25.7 Å². The molecule has 2 heterocycles. The highest BCUT2D eigenvalue weighted by Crippen LogP contribution is 2.38. The molecule has 2 aromatic rings. The zero-order valence-electron chi connectivity index (χ0n) is 14.6. The number of hydrogen-bond donors (Lipinski definition) is 3. The van der Waals surface area contributed by atoms with Crippen molar-refractivity contribution in [3.05, 3.63) is 28.0 Å². The van der Waals surface area contributed by atoms with Gasteiger partial charge in [0.25, 0.3) is 5.91 Å². The van der Waals surface area contributed by atoms with E-state index in [2.05, 4.69) is 21.9 Å². The molecule has 0 unspecified atom stereocenters. The van der Waals surface area contributed by atoms with Crippen LogP contribution >= 0.6 is 11.3 Å². The molecule has 4 N–H and O–H groups in total. The number of ketones is 1. The van der Waals surface area contributed by atoms with Gasteiger partial charge in [-0.2, -0.15) is 5.26 Å². The summed E-state index contributed by atoms with van der Waals surface area (Å²) in [5, 5.41) is 19.9. The van der Waals surface area contributed by atoms with Crippen molar-refractivity contribution in [3.63, 3.8) is 0 Å². The second-order valence-electron chi connectivity index (χ2n) is 6.94. The molecule has 2 aliphatic carbocycles. The SMILES string of the molecule is N#Cc1c(NC2CCCC2)sc(C(=O)c2cc(C(=O)NC3CC3)no2)c1N. The molecule has 27 heavy (non-hydrogen) atoms. The number of carbonyl (C=O) groups excluding carboxylic acids is 2. The Morgan fingerprint density at radius 1 is 1.26 bits per heavy atom. The number of nitrogens with one attached hydrogen (secondary N) is 2. The van der Waals surface area contributed by atoms with Gasteiger partial charge in [0.05, 0.1) is 5.69 Å². The van der Waals surface area contributed by atoms with Crippen LogP contribution in [-0.2, 0) is 0 Å². The quantitative estimate of drug-likeness (QED) is 0.651. The average molecular weight is 385 g/mol. The van der Waals surface area contributed by atoms with Crippen molar-refractivity contribution >= 4 is 33.7 Å². The number of amides is 1. The van der Waals surface area contributed by atoms with E-state index in [-0.39, 0.29) is 39.5 Å². The molecule has 0 aliphatic heterocycles. The van der Waals surface area contributed by atoms with Gasteiger partial charge in [-0.3, -0.25) is 9.59 Å². The van der Waals surface area contributed by atoms with Crippen LogP contribution in [0.4, 0.5) is 10.7 Å². The van der Waals surface area contributed by atoms with Gasteiger partial charge in [-0.15, -0.1) is 11.3 Å². The third kappa shape index (κ3) is 3.53. The molecule has 0 radical (unpaired) electrons. The van der Waals surface area contributed by atoms with Gasteiger partial charge < -0.3 is 20.9 Å². The Morgan fingerprint density at radius 3 is 2.67 bits per heavy atom. The second-order valence-corrected chi connectivity index (χ2v) is 7.96. The average Bonchev–Trinajstić information content (AvgIpc) is 3.07. The Morgan fingerprint density at radius 2 is 2.00 bits per heavy atom. The van der Waals surface area contributed by atoms with Crippen molar-refractivity contribution in [2.45, 2.75) is 50.6 Å². The van der Waals surface area contributed by atoms with E-state index >= 15 is 0 Å². The number of nitrogen functional groups attached to an aromatic ring is 1. The zero-order chi connectivity index (χ0) is 19.0. The van der Waals surface area contributed by atoms with Crippen molar-refractivity contribution in [2.24, 2.45) is 0 Å². The lowest BCUT2D eigenvalue weighted by Crippen LogP contribution is -2.25. The molecule has 2 fully saturated rings. The Balaban J connectivity index is 1.56. The van der Waals surface area contributed by atoms with Crippen LogP contribution in [0.3, 0.4) is 0 Å². The highest BCUT2D eigenvalue weighted by molar-refractivity contribution is 7.19. The normalized spacial score (nSPS) is 16.9. The molecule has 4 rings (SSSR count). The minimum absolute atomic E-state index is 0.0604. The van der Waals surface area contributed by atoms with Gasteiger partial charge in [-0.1, -0.05) is 18.0 Å². The summed E-state index contributed by atoms with van der Waals surface area (Å²) in [5.74, 6) is -0.909. The van der Waals surface area contributed by atoms with Crippen LogP contribution < -0.4 is 16.4 Å². The van der Waals surface area contributed by atoms with Gasteiger partial charge in [0.15, 0.2) is 5.69 Å². The Bertz CT molecular complexity index is 931. The van der Waals surface area contributed by atoms with Crippen LogP contribution in [0.2, 0.25) is 0 Å². The number of anilines is 2. The van der Waals surface area contributed by atoms with Crippen LogP contribution in [0.1, 0.15) is 70.0 Å². The summed E-state index contributed by atoms with van der Waals surface area (Å²) in [7, 11) is 0. The minimum Gasteiger partial charge on any atom is -0.396 e. The topological polar surface area (TPSA) is 134 Å². The minimum atomic E-state index is -0.480. The summed E-state index contributed by atoms with van der Waals surface area (Å²) >= 11 is 1.14. The molecule has 2 saturated carbocycles. The van der Waals surface area contributed by atoms with E-state index < -0.39 is 5.78 Å². The molecule has 0 saturated heterocycles. The van der Waals surface area contributed by atoms with E-state index in [9.17, 15) is 14.9 Å². The largest absolute Gasteiger partial charge is 0.396 e. The maximum absolute atomic E-state index is 12.8. The number of hydrogen-bond acceptors (Lipinski definition) is 8. The first-order valence-electron chi connectivity index (χ1n) is 8.98. The predicted molar refractivity (Wildman–Crippen MR) is 99.7 cm³/mol. The summed E-state index contributed by atoms with van der Waals surface area (Å²) in [5.41, 5.74) is 6.53. The first kappa shape index (κ1) is 17.5. The summed E-state index contributed by atoms with van der Waals surface area (Å²) in [6.07, 6.45) is 6.27. The molecule has 0 bridgehead atoms. The van der Waals surface area contributed by atoms with Gasteiger partial charge >= 0.3 is 0 Å². The number of carbonyl (C=O) groups is 2.